The molecule has 0 aliphatic carbocycles. The number of carbonyl (C=O) groups is 5. The number of esters is 2. The molecule has 11 heteroatoms. The molecule has 1 aliphatic rings. The van der Waals surface area contributed by atoms with Gasteiger partial charge in [-0.1, -0.05) is 13.8 Å². The summed E-state index contributed by atoms with van der Waals surface area (Å²) in [5.74, 6) is -3.31. The van der Waals surface area contributed by atoms with Gasteiger partial charge in [-0.2, -0.15) is 0 Å². The summed E-state index contributed by atoms with van der Waals surface area (Å²) in [6, 6.07) is 0. The monoisotopic (exact) mass is 390 g/mol. The van der Waals surface area contributed by atoms with Crippen molar-refractivity contribution in [1.29, 1.82) is 0 Å². The van der Waals surface area contributed by atoms with Crippen LogP contribution in [0.3, 0.4) is 0 Å². The maximum atomic E-state index is 12.4. The summed E-state index contributed by atoms with van der Waals surface area (Å²) >= 11 is 0.872. The molecule has 2 amide bonds. The highest BCUT2D eigenvalue weighted by Gasteiger charge is 2.41. The van der Waals surface area contributed by atoms with Crippen molar-refractivity contribution in [2.75, 3.05) is 32.6 Å². The molecule has 0 bridgehead atoms. The van der Waals surface area contributed by atoms with Crippen LogP contribution >= 0.6 is 11.8 Å². The van der Waals surface area contributed by atoms with Gasteiger partial charge in [0.25, 0.3) is 5.91 Å². The van der Waals surface area contributed by atoms with E-state index in [1.807, 2.05) is 0 Å². The third kappa shape index (κ3) is 6.90. The Bertz CT molecular complexity index is 578. The number of nitrogens with one attached hydrogen (secondary N) is 2. The zero-order valence-corrected chi connectivity index (χ0v) is 15.6. The van der Waals surface area contributed by atoms with Crippen molar-refractivity contribution in [3.8, 4) is 0 Å². The van der Waals surface area contributed by atoms with Crippen LogP contribution in [-0.4, -0.2) is 67.7 Å². The SMILES string of the molecule is COC(=O)C(=O)O[C@H]1C(=O)NCCC(=O)NCCSC(=O)OCC1(C)C. The van der Waals surface area contributed by atoms with Gasteiger partial charge in [0, 0.05) is 30.7 Å². The Hall–Kier alpha value is -2.30. The first kappa shape index (κ1) is 21.7. The maximum Gasteiger partial charge on any atom is 0.418 e. The number of ether oxygens (including phenoxy) is 3. The molecular weight excluding hydrogens is 368 g/mol. The number of thioether (sulfide) groups is 1. The van der Waals surface area contributed by atoms with Gasteiger partial charge in [-0.05, 0) is 11.8 Å². The van der Waals surface area contributed by atoms with Crippen molar-refractivity contribution in [2.24, 2.45) is 5.41 Å². The van der Waals surface area contributed by atoms with E-state index in [1.165, 1.54) is 0 Å². The van der Waals surface area contributed by atoms with Crippen LogP contribution in [0.15, 0.2) is 0 Å². The number of cyclic esters (lactones) is 1. The summed E-state index contributed by atoms with van der Waals surface area (Å²) in [4.78, 5) is 58.8. The lowest BCUT2D eigenvalue weighted by Crippen LogP contribution is -2.50. The fraction of sp³-hybridized carbons (Fsp3) is 0.667. The van der Waals surface area contributed by atoms with E-state index in [9.17, 15) is 24.0 Å². The number of carbonyl (C=O) groups excluding carboxylic acids is 5. The van der Waals surface area contributed by atoms with E-state index in [-0.39, 0.29) is 32.0 Å². The molecule has 1 atom stereocenters. The molecule has 146 valence electrons. The number of amides is 2. The van der Waals surface area contributed by atoms with Gasteiger partial charge in [0.15, 0.2) is 6.10 Å². The minimum Gasteiger partial charge on any atom is -0.461 e. The van der Waals surface area contributed by atoms with Crippen LogP contribution in [0.1, 0.15) is 20.3 Å². The molecular formula is C15H22N2O8S. The van der Waals surface area contributed by atoms with E-state index < -0.39 is 34.7 Å². The first-order chi connectivity index (χ1) is 12.2. The van der Waals surface area contributed by atoms with Crippen LogP contribution in [0.2, 0.25) is 0 Å². The lowest BCUT2D eigenvalue weighted by atomic mass is 9.86. The van der Waals surface area contributed by atoms with Gasteiger partial charge in [-0.25, -0.2) is 14.4 Å². The molecule has 1 saturated heterocycles. The van der Waals surface area contributed by atoms with Crippen LogP contribution in [0.25, 0.3) is 0 Å². The van der Waals surface area contributed by atoms with E-state index in [2.05, 4.69) is 15.4 Å². The Morgan fingerprint density at radius 3 is 2.50 bits per heavy atom. The van der Waals surface area contributed by atoms with Gasteiger partial charge >= 0.3 is 17.2 Å². The molecule has 26 heavy (non-hydrogen) atoms. The third-order valence-electron chi connectivity index (χ3n) is 3.38. The minimum absolute atomic E-state index is 0.0128. The van der Waals surface area contributed by atoms with E-state index >= 15 is 0 Å². The standard InChI is InChI=1S/C15H22N2O8S/c1-15(2)8-24-14(22)26-7-6-16-9(18)4-5-17-11(19)10(15)25-13(21)12(20)23-3/h10H,4-8H2,1-3H3,(H,16,18)(H,17,19)/t10-/m0/s1. The van der Waals surface area contributed by atoms with E-state index in [1.54, 1.807) is 13.8 Å². The minimum atomic E-state index is -1.43. The zero-order valence-electron chi connectivity index (χ0n) is 14.8. The van der Waals surface area contributed by atoms with Crippen LogP contribution in [0.4, 0.5) is 4.79 Å². The van der Waals surface area contributed by atoms with E-state index in [0.29, 0.717) is 5.75 Å². The molecule has 0 unspecified atom stereocenters. The third-order valence-corrected chi connectivity index (χ3v) is 4.14. The average molecular weight is 390 g/mol. The Morgan fingerprint density at radius 1 is 1.15 bits per heavy atom. The van der Waals surface area contributed by atoms with Crippen LogP contribution in [0.5, 0.6) is 0 Å². The summed E-state index contributed by atoms with van der Waals surface area (Å²) in [7, 11) is 1.000. The Kier molecular flexibility index (Phi) is 8.36. The molecule has 0 radical (unpaired) electrons. The molecule has 2 N–H and O–H groups in total. The molecule has 1 heterocycles. The van der Waals surface area contributed by atoms with Crippen LogP contribution in [-0.2, 0) is 33.4 Å². The average Bonchev–Trinajstić information content (AvgIpc) is 2.59. The van der Waals surface area contributed by atoms with Crippen molar-refractivity contribution in [1.82, 2.24) is 10.6 Å². The summed E-state index contributed by atoms with van der Waals surface area (Å²) in [6.45, 7) is 3.16. The maximum absolute atomic E-state index is 12.4. The fourth-order valence-electron chi connectivity index (χ4n) is 1.97. The molecule has 10 nitrogen and oxygen atoms in total. The second-order valence-electron chi connectivity index (χ2n) is 6.04. The first-order valence-corrected chi connectivity index (χ1v) is 8.79. The van der Waals surface area contributed by atoms with Crippen molar-refractivity contribution >= 4 is 40.8 Å². The molecule has 0 aromatic carbocycles. The van der Waals surface area contributed by atoms with Gasteiger partial charge in [0.1, 0.15) is 6.61 Å². The van der Waals surface area contributed by atoms with Gasteiger partial charge in [0.2, 0.25) is 5.91 Å². The summed E-state index contributed by atoms with van der Waals surface area (Å²) in [5, 5.41) is 4.47. The number of hydrogen-bond acceptors (Lipinski definition) is 9. The number of hydrogen-bond donors (Lipinski definition) is 2. The Labute approximate surface area is 154 Å². The molecule has 1 aliphatic heterocycles. The van der Waals surface area contributed by atoms with Gasteiger partial charge in [-0.15, -0.1) is 0 Å². The second kappa shape index (κ2) is 10.00. The van der Waals surface area contributed by atoms with Crippen molar-refractivity contribution in [3.05, 3.63) is 0 Å². The Balaban J connectivity index is 2.96. The quantitative estimate of drug-likeness (QED) is 0.348. The zero-order chi connectivity index (χ0) is 19.7. The van der Waals surface area contributed by atoms with Crippen molar-refractivity contribution in [3.63, 3.8) is 0 Å². The summed E-state index contributed by atoms with van der Waals surface area (Å²) < 4.78 is 14.3. The molecule has 0 aromatic rings. The Morgan fingerprint density at radius 2 is 1.85 bits per heavy atom. The number of rotatable bonds is 1. The lowest BCUT2D eigenvalue weighted by Gasteiger charge is -2.31. The number of methoxy groups -OCH3 is 1. The summed E-state index contributed by atoms with van der Waals surface area (Å²) in [6.07, 6.45) is -1.42. The van der Waals surface area contributed by atoms with Crippen LogP contribution in [0, 0.1) is 5.41 Å². The highest BCUT2D eigenvalue weighted by molar-refractivity contribution is 8.13. The second-order valence-corrected chi connectivity index (χ2v) is 7.07. The largest absolute Gasteiger partial charge is 0.461 e. The molecule has 1 rings (SSSR count). The normalized spacial score (nSPS) is 22.1. The highest BCUT2D eigenvalue weighted by atomic mass is 32.2. The van der Waals surface area contributed by atoms with Gasteiger partial charge in [-0.3, -0.25) is 9.59 Å². The van der Waals surface area contributed by atoms with E-state index in [0.717, 1.165) is 18.9 Å². The predicted octanol–water partition coefficient (Wildman–Crippen LogP) is -0.397. The van der Waals surface area contributed by atoms with Crippen molar-refractivity contribution < 1.29 is 38.2 Å². The smallest absolute Gasteiger partial charge is 0.418 e. The molecule has 0 aromatic heterocycles. The molecule has 0 saturated carbocycles. The highest BCUT2D eigenvalue weighted by Crippen LogP contribution is 2.26. The molecule has 0 spiro atoms. The van der Waals surface area contributed by atoms with Gasteiger partial charge < -0.3 is 24.8 Å². The molecule has 1 fully saturated rings. The fourth-order valence-corrected chi connectivity index (χ4v) is 2.49. The van der Waals surface area contributed by atoms with Crippen LogP contribution < -0.4 is 10.6 Å². The topological polar surface area (TPSA) is 137 Å². The van der Waals surface area contributed by atoms with E-state index in [4.69, 9.17) is 9.47 Å². The summed E-state index contributed by atoms with van der Waals surface area (Å²) in [5.41, 5.74) is -1.13. The van der Waals surface area contributed by atoms with Gasteiger partial charge in [0.05, 0.1) is 7.11 Å². The predicted molar refractivity (Wildman–Crippen MR) is 90.1 cm³/mol. The lowest BCUT2D eigenvalue weighted by molar-refractivity contribution is -0.176. The van der Waals surface area contributed by atoms with Crippen molar-refractivity contribution in [2.45, 2.75) is 26.4 Å². The first-order valence-electron chi connectivity index (χ1n) is 7.80.